The molecule has 2 N–H and O–H groups in total. The van der Waals surface area contributed by atoms with E-state index in [0.29, 0.717) is 24.4 Å². The van der Waals surface area contributed by atoms with Crippen LogP contribution in [0.4, 0.5) is 0 Å². The molecule has 0 saturated carbocycles. The summed E-state index contributed by atoms with van der Waals surface area (Å²) >= 11 is 0. The van der Waals surface area contributed by atoms with Crippen molar-refractivity contribution in [1.82, 2.24) is 5.32 Å². The van der Waals surface area contributed by atoms with Crippen LogP contribution in [-0.4, -0.2) is 24.4 Å². The molecule has 5 nitrogen and oxygen atoms in total. The van der Waals surface area contributed by atoms with Crippen LogP contribution >= 0.6 is 0 Å². The topological polar surface area (TPSA) is 78.4 Å². The summed E-state index contributed by atoms with van der Waals surface area (Å²) in [6, 6.07) is 10.8. The molecule has 0 fully saturated rings. The van der Waals surface area contributed by atoms with E-state index in [2.05, 4.69) is 5.32 Å². The second kappa shape index (κ2) is 7.34. The summed E-state index contributed by atoms with van der Waals surface area (Å²) in [6.07, 6.45) is 2.65. The Morgan fingerprint density at radius 1 is 1.40 bits per heavy atom. The van der Waals surface area contributed by atoms with Crippen molar-refractivity contribution < 1.29 is 14.3 Å². The first-order chi connectivity index (χ1) is 9.78. The summed E-state index contributed by atoms with van der Waals surface area (Å²) in [6.45, 7) is 1.23. The number of nitrogens with zero attached hydrogens (tertiary/aromatic N) is 1. The summed E-state index contributed by atoms with van der Waals surface area (Å²) in [7, 11) is 0. The standard InChI is InChI=1S/C15H16N2O3/c16-7-12-2-1-3-15(6-12)20-11-14(18)9-17-8-13-4-5-19-10-13/h1-6,10,14,17-18H,8-9,11H2. The zero-order valence-corrected chi connectivity index (χ0v) is 11.0. The molecular formula is C15H16N2O3. The van der Waals surface area contributed by atoms with E-state index < -0.39 is 6.10 Å². The van der Waals surface area contributed by atoms with E-state index in [-0.39, 0.29) is 6.61 Å². The first-order valence-corrected chi connectivity index (χ1v) is 6.31. The van der Waals surface area contributed by atoms with Gasteiger partial charge in [0, 0.05) is 18.7 Å². The zero-order chi connectivity index (χ0) is 14.2. The van der Waals surface area contributed by atoms with Gasteiger partial charge < -0.3 is 19.6 Å². The van der Waals surface area contributed by atoms with Crippen LogP contribution in [0.25, 0.3) is 0 Å². The number of aliphatic hydroxyl groups excluding tert-OH is 1. The SMILES string of the molecule is N#Cc1cccc(OCC(O)CNCc2ccoc2)c1. The molecule has 1 unspecified atom stereocenters. The summed E-state index contributed by atoms with van der Waals surface area (Å²) in [5, 5.41) is 21.7. The highest BCUT2D eigenvalue weighted by atomic mass is 16.5. The minimum atomic E-state index is -0.618. The third-order valence-electron chi connectivity index (χ3n) is 2.69. The highest BCUT2D eigenvalue weighted by Crippen LogP contribution is 2.12. The molecule has 2 aromatic rings. The summed E-state index contributed by atoms with van der Waals surface area (Å²) in [5.41, 5.74) is 1.56. The molecule has 1 aromatic carbocycles. The Hall–Kier alpha value is -2.29. The van der Waals surface area contributed by atoms with Crippen LogP contribution in [0.3, 0.4) is 0 Å². The van der Waals surface area contributed by atoms with Gasteiger partial charge in [-0.25, -0.2) is 0 Å². The van der Waals surface area contributed by atoms with Crippen molar-refractivity contribution in [3.8, 4) is 11.8 Å². The Morgan fingerprint density at radius 3 is 3.05 bits per heavy atom. The molecule has 0 saturated heterocycles. The van der Waals surface area contributed by atoms with E-state index in [4.69, 9.17) is 14.4 Å². The van der Waals surface area contributed by atoms with Crippen LogP contribution < -0.4 is 10.1 Å². The zero-order valence-electron chi connectivity index (χ0n) is 11.0. The molecule has 20 heavy (non-hydrogen) atoms. The van der Waals surface area contributed by atoms with Gasteiger partial charge in [0.25, 0.3) is 0 Å². The normalized spacial score (nSPS) is 11.8. The average molecular weight is 272 g/mol. The number of nitrogens with one attached hydrogen (secondary N) is 1. The monoisotopic (exact) mass is 272 g/mol. The first kappa shape index (κ1) is 14.1. The van der Waals surface area contributed by atoms with Crippen molar-refractivity contribution in [1.29, 1.82) is 5.26 Å². The van der Waals surface area contributed by atoms with Gasteiger partial charge in [-0.3, -0.25) is 0 Å². The Balaban J connectivity index is 1.69. The van der Waals surface area contributed by atoms with Crippen molar-refractivity contribution in [2.75, 3.05) is 13.2 Å². The van der Waals surface area contributed by atoms with Crippen LogP contribution in [0.15, 0.2) is 47.3 Å². The number of nitriles is 1. The third kappa shape index (κ3) is 4.43. The predicted molar refractivity (Wildman–Crippen MR) is 73.1 cm³/mol. The Morgan fingerprint density at radius 2 is 2.30 bits per heavy atom. The van der Waals surface area contributed by atoms with Crippen LogP contribution in [0.1, 0.15) is 11.1 Å². The molecule has 0 bridgehead atoms. The van der Waals surface area contributed by atoms with E-state index in [0.717, 1.165) is 5.56 Å². The van der Waals surface area contributed by atoms with Gasteiger partial charge in [0.15, 0.2) is 0 Å². The number of rotatable bonds is 7. The van der Waals surface area contributed by atoms with Gasteiger partial charge in [-0.2, -0.15) is 5.26 Å². The summed E-state index contributed by atoms with van der Waals surface area (Å²) in [5.74, 6) is 0.581. The van der Waals surface area contributed by atoms with Crippen LogP contribution in [0.2, 0.25) is 0 Å². The van der Waals surface area contributed by atoms with Crippen molar-refractivity contribution in [3.05, 3.63) is 54.0 Å². The van der Waals surface area contributed by atoms with E-state index in [1.807, 2.05) is 12.1 Å². The van der Waals surface area contributed by atoms with Crippen LogP contribution in [0.5, 0.6) is 5.75 Å². The van der Waals surface area contributed by atoms with E-state index >= 15 is 0 Å². The molecule has 0 radical (unpaired) electrons. The Kier molecular flexibility index (Phi) is 5.18. The van der Waals surface area contributed by atoms with Crippen molar-refractivity contribution in [2.24, 2.45) is 0 Å². The molecule has 0 spiro atoms. The van der Waals surface area contributed by atoms with Gasteiger partial charge in [0.05, 0.1) is 24.2 Å². The molecule has 1 heterocycles. The first-order valence-electron chi connectivity index (χ1n) is 6.31. The van der Waals surface area contributed by atoms with E-state index in [1.54, 1.807) is 36.8 Å². The molecule has 104 valence electrons. The van der Waals surface area contributed by atoms with Crippen molar-refractivity contribution in [3.63, 3.8) is 0 Å². The molecule has 5 heteroatoms. The number of aliphatic hydroxyl groups is 1. The van der Waals surface area contributed by atoms with Crippen LogP contribution in [0, 0.1) is 11.3 Å². The van der Waals surface area contributed by atoms with Crippen molar-refractivity contribution >= 4 is 0 Å². The van der Waals surface area contributed by atoms with Gasteiger partial charge in [-0.05, 0) is 24.3 Å². The molecule has 2 rings (SSSR count). The molecule has 1 aromatic heterocycles. The lowest BCUT2D eigenvalue weighted by molar-refractivity contribution is 0.106. The minimum Gasteiger partial charge on any atom is -0.491 e. The van der Waals surface area contributed by atoms with Crippen LogP contribution in [-0.2, 0) is 6.54 Å². The van der Waals surface area contributed by atoms with E-state index in [9.17, 15) is 5.11 Å². The maximum Gasteiger partial charge on any atom is 0.120 e. The number of hydrogen-bond acceptors (Lipinski definition) is 5. The Labute approximate surface area is 117 Å². The maximum atomic E-state index is 9.79. The predicted octanol–water partition coefficient (Wildman–Crippen LogP) is 1.68. The smallest absolute Gasteiger partial charge is 0.120 e. The van der Waals surface area contributed by atoms with Gasteiger partial charge in [-0.1, -0.05) is 6.07 Å². The maximum absolute atomic E-state index is 9.79. The fourth-order valence-corrected chi connectivity index (χ4v) is 1.68. The molecular weight excluding hydrogens is 256 g/mol. The quantitative estimate of drug-likeness (QED) is 0.801. The average Bonchev–Trinajstić information content (AvgIpc) is 2.98. The molecule has 1 atom stereocenters. The minimum absolute atomic E-state index is 0.174. The third-order valence-corrected chi connectivity index (χ3v) is 2.69. The number of benzene rings is 1. The molecule has 0 amide bonds. The van der Waals surface area contributed by atoms with Gasteiger partial charge in [0.1, 0.15) is 18.5 Å². The largest absolute Gasteiger partial charge is 0.491 e. The number of hydrogen-bond donors (Lipinski definition) is 2. The lowest BCUT2D eigenvalue weighted by atomic mass is 10.2. The van der Waals surface area contributed by atoms with Gasteiger partial charge in [-0.15, -0.1) is 0 Å². The second-order valence-corrected chi connectivity index (χ2v) is 4.37. The number of furan rings is 1. The fourth-order valence-electron chi connectivity index (χ4n) is 1.68. The fraction of sp³-hybridized carbons (Fsp3) is 0.267. The molecule has 0 aliphatic carbocycles. The lowest BCUT2D eigenvalue weighted by Crippen LogP contribution is -2.31. The molecule has 0 aliphatic heterocycles. The lowest BCUT2D eigenvalue weighted by Gasteiger charge is -2.13. The van der Waals surface area contributed by atoms with Gasteiger partial charge in [0.2, 0.25) is 0 Å². The highest BCUT2D eigenvalue weighted by Gasteiger charge is 2.05. The van der Waals surface area contributed by atoms with Gasteiger partial charge >= 0.3 is 0 Å². The summed E-state index contributed by atoms with van der Waals surface area (Å²) < 4.78 is 10.4. The van der Waals surface area contributed by atoms with Crippen molar-refractivity contribution in [2.45, 2.75) is 12.6 Å². The van der Waals surface area contributed by atoms with E-state index in [1.165, 1.54) is 0 Å². The number of ether oxygens (including phenoxy) is 1. The molecule has 0 aliphatic rings. The summed E-state index contributed by atoms with van der Waals surface area (Å²) in [4.78, 5) is 0. The highest BCUT2D eigenvalue weighted by molar-refractivity contribution is 5.36. The Bertz CT molecular complexity index is 561. The second-order valence-electron chi connectivity index (χ2n) is 4.37.